The molecule has 0 aliphatic rings. The van der Waals surface area contributed by atoms with Gasteiger partial charge in [0.15, 0.2) is 0 Å². The van der Waals surface area contributed by atoms with Gasteiger partial charge in [-0.25, -0.2) is 4.68 Å². The van der Waals surface area contributed by atoms with Crippen molar-refractivity contribution in [3.8, 4) is 17.0 Å². The molecular formula is C22H23N3O3. The van der Waals surface area contributed by atoms with Crippen LogP contribution in [0.25, 0.3) is 11.3 Å². The first-order valence-electron chi connectivity index (χ1n) is 9.06. The summed E-state index contributed by atoms with van der Waals surface area (Å²) >= 11 is 0. The topological polar surface area (TPSA) is 73.2 Å². The van der Waals surface area contributed by atoms with Crippen molar-refractivity contribution >= 4 is 5.91 Å². The summed E-state index contributed by atoms with van der Waals surface area (Å²) < 4.78 is 6.51. The van der Waals surface area contributed by atoms with Gasteiger partial charge in [-0.15, -0.1) is 0 Å². The molecule has 144 valence electrons. The van der Waals surface area contributed by atoms with Crippen molar-refractivity contribution in [1.29, 1.82) is 0 Å². The molecule has 6 heteroatoms. The molecule has 1 atom stereocenters. The van der Waals surface area contributed by atoms with Crippen LogP contribution in [0, 0.1) is 6.92 Å². The van der Waals surface area contributed by atoms with Gasteiger partial charge in [0.2, 0.25) is 5.91 Å². The Morgan fingerprint density at radius 3 is 2.54 bits per heavy atom. The smallest absolute Gasteiger partial charge is 0.267 e. The molecule has 0 radical (unpaired) electrons. The summed E-state index contributed by atoms with van der Waals surface area (Å²) in [4.78, 5) is 24.9. The number of amides is 1. The SMILES string of the molecule is COc1ccccc1CNC(=O)C(C)n1nc(-c2ccc(C)cc2)ccc1=O. The normalized spacial score (nSPS) is 11.7. The molecule has 0 aliphatic heterocycles. The Morgan fingerprint density at radius 1 is 1.11 bits per heavy atom. The molecule has 1 aromatic heterocycles. The molecule has 1 unspecified atom stereocenters. The standard InChI is InChI=1S/C22H23N3O3/c1-15-8-10-17(11-9-15)19-12-13-21(26)25(24-19)16(2)22(27)23-14-18-6-4-5-7-20(18)28-3/h4-13,16H,14H2,1-3H3,(H,23,27). The Morgan fingerprint density at radius 2 is 1.82 bits per heavy atom. The van der Waals surface area contributed by atoms with Crippen LogP contribution in [-0.4, -0.2) is 22.8 Å². The van der Waals surface area contributed by atoms with Gasteiger partial charge in [0.25, 0.3) is 5.56 Å². The van der Waals surface area contributed by atoms with Gasteiger partial charge < -0.3 is 10.1 Å². The highest BCUT2D eigenvalue weighted by Crippen LogP contribution is 2.18. The third kappa shape index (κ3) is 4.28. The van der Waals surface area contributed by atoms with E-state index in [4.69, 9.17) is 4.74 Å². The maximum absolute atomic E-state index is 12.6. The summed E-state index contributed by atoms with van der Waals surface area (Å²) in [6.45, 7) is 3.97. The lowest BCUT2D eigenvalue weighted by atomic mass is 10.1. The van der Waals surface area contributed by atoms with Crippen LogP contribution in [-0.2, 0) is 11.3 Å². The largest absolute Gasteiger partial charge is 0.496 e. The number of nitrogens with one attached hydrogen (secondary N) is 1. The average molecular weight is 377 g/mol. The number of hydrogen-bond acceptors (Lipinski definition) is 4. The Hall–Kier alpha value is -3.41. The predicted molar refractivity (Wildman–Crippen MR) is 108 cm³/mol. The van der Waals surface area contributed by atoms with Gasteiger partial charge in [0, 0.05) is 23.7 Å². The van der Waals surface area contributed by atoms with E-state index in [0.29, 0.717) is 18.0 Å². The Labute approximate surface area is 163 Å². The van der Waals surface area contributed by atoms with Crippen molar-refractivity contribution in [3.05, 3.63) is 82.1 Å². The lowest BCUT2D eigenvalue weighted by Gasteiger charge is -2.16. The molecule has 1 amide bonds. The van der Waals surface area contributed by atoms with Gasteiger partial charge in [-0.1, -0.05) is 48.0 Å². The molecule has 0 saturated carbocycles. The van der Waals surface area contributed by atoms with Crippen molar-refractivity contribution in [3.63, 3.8) is 0 Å². The Kier molecular flexibility index (Phi) is 5.89. The number of carbonyl (C=O) groups is 1. The minimum absolute atomic E-state index is 0.290. The minimum atomic E-state index is -0.743. The van der Waals surface area contributed by atoms with Gasteiger partial charge in [-0.2, -0.15) is 5.10 Å². The van der Waals surface area contributed by atoms with E-state index < -0.39 is 6.04 Å². The molecule has 0 aliphatic carbocycles. The zero-order valence-corrected chi connectivity index (χ0v) is 16.2. The zero-order valence-electron chi connectivity index (χ0n) is 16.2. The number of aryl methyl sites for hydroxylation is 1. The van der Waals surface area contributed by atoms with Gasteiger partial charge in [-0.3, -0.25) is 9.59 Å². The van der Waals surface area contributed by atoms with Gasteiger partial charge >= 0.3 is 0 Å². The van der Waals surface area contributed by atoms with E-state index in [1.54, 1.807) is 20.1 Å². The van der Waals surface area contributed by atoms with Crippen molar-refractivity contribution in [2.45, 2.75) is 26.4 Å². The lowest BCUT2D eigenvalue weighted by molar-refractivity contribution is -0.124. The van der Waals surface area contributed by atoms with E-state index in [2.05, 4.69) is 10.4 Å². The zero-order chi connectivity index (χ0) is 20.1. The highest BCUT2D eigenvalue weighted by atomic mass is 16.5. The number of nitrogens with zero attached hydrogens (tertiary/aromatic N) is 2. The maximum Gasteiger partial charge on any atom is 0.267 e. The number of rotatable bonds is 6. The van der Waals surface area contributed by atoms with Crippen LogP contribution in [0.1, 0.15) is 24.1 Å². The van der Waals surface area contributed by atoms with Crippen molar-refractivity contribution < 1.29 is 9.53 Å². The predicted octanol–water partition coefficient (Wildman–Crippen LogP) is 3.10. The van der Waals surface area contributed by atoms with Crippen LogP contribution in [0.3, 0.4) is 0 Å². The van der Waals surface area contributed by atoms with Crippen LogP contribution in [0.15, 0.2) is 65.5 Å². The number of hydrogen-bond donors (Lipinski definition) is 1. The number of aromatic nitrogens is 2. The number of benzene rings is 2. The monoisotopic (exact) mass is 377 g/mol. The third-order valence-corrected chi connectivity index (χ3v) is 4.56. The van der Waals surface area contributed by atoms with Gasteiger partial charge in [-0.05, 0) is 26.0 Å². The van der Waals surface area contributed by atoms with E-state index in [1.165, 1.54) is 10.7 Å². The lowest BCUT2D eigenvalue weighted by Crippen LogP contribution is -2.36. The summed E-state index contributed by atoms with van der Waals surface area (Å²) in [5, 5.41) is 7.25. The quantitative estimate of drug-likeness (QED) is 0.716. The highest BCUT2D eigenvalue weighted by Gasteiger charge is 2.18. The van der Waals surface area contributed by atoms with E-state index in [1.807, 2.05) is 55.5 Å². The molecular weight excluding hydrogens is 354 g/mol. The summed E-state index contributed by atoms with van der Waals surface area (Å²) in [5.74, 6) is 0.411. The first kappa shape index (κ1) is 19.4. The second kappa shape index (κ2) is 8.52. The van der Waals surface area contributed by atoms with E-state index in [-0.39, 0.29) is 11.5 Å². The molecule has 2 aromatic carbocycles. The number of methoxy groups -OCH3 is 1. The molecule has 0 saturated heterocycles. The molecule has 0 spiro atoms. The highest BCUT2D eigenvalue weighted by molar-refractivity contribution is 5.79. The Balaban J connectivity index is 1.78. The first-order valence-corrected chi connectivity index (χ1v) is 9.06. The molecule has 28 heavy (non-hydrogen) atoms. The molecule has 3 aromatic rings. The summed E-state index contributed by atoms with van der Waals surface area (Å²) in [7, 11) is 1.59. The van der Waals surface area contributed by atoms with Gasteiger partial charge in [0.1, 0.15) is 11.8 Å². The van der Waals surface area contributed by atoms with E-state index in [0.717, 1.165) is 16.7 Å². The Bertz CT molecular complexity index is 1030. The van der Waals surface area contributed by atoms with Crippen LogP contribution in [0.5, 0.6) is 5.75 Å². The maximum atomic E-state index is 12.6. The molecule has 3 rings (SSSR count). The second-order valence-electron chi connectivity index (χ2n) is 6.57. The van der Waals surface area contributed by atoms with Gasteiger partial charge in [0.05, 0.1) is 12.8 Å². The number of carbonyl (C=O) groups excluding carboxylic acids is 1. The van der Waals surface area contributed by atoms with Crippen LogP contribution >= 0.6 is 0 Å². The molecule has 0 bridgehead atoms. The van der Waals surface area contributed by atoms with Crippen LogP contribution in [0.2, 0.25) is 0 Å². The summed E-state index contributed by atoms with van der Waals surface area (Å²) in [6.07, 6.45) is 0. The second-order valence-corrected chi connectivity index (χ2v) is 6.57. The number of para-hydroxylation sites is 1. The van der Waals surface area contributed by atoms with Crippen molar-refractivity contribution in [2.75, 3.05) is 7.11 Å². The third-order valence-electron chi connectivity index (χ3n) is 4.56. The van der Waals surface area contributed by atoms with Crippen LogP contribution in [0.4, 0.5) is 0 Å². The van der Waals surface area contributed by atoms with Crippen LogP contribution < -0.4 is 15.6 Å². The summed E-state index contributed by atoms with van der Waals surface area (Å²) in [5.41, 5.74) is 3.21. The fraction of sp³-hybridized carbons (Fsp3) is 0.227. The average Bonchev–Trinajstić information content (AvgIpc) is 2.72. The van der Waals surface area contributed by atoms with Crippen molar-refractivity contribution in [2.24, 2.45) is 0 Å². The molecule has 1 N–H and O–H groups in total. The van der Waals surface area contributed by atoms with Crippen molar-refractivity contribution in [1.82, 2.24) is 15.1 Å². The molecule has 6 nitrogen and oxygen atoms in total. The number of ether oxygens (including phenoxy) is 1. The molecule has 1 heterocycles. The van der Waals surface area contributed by atoms with E-state index >= 15 is 0 Å². The fourth-order valence-corrected chi connectivity index (χ4v) is 2.87. The van der Waals surface area contributed by atoms with E-state index in [9.17, 15) is 9.59 Å². The fourth-order valence-electron chi connectivity index (χ4n) is 2.87. The summed E-state index contributed by atoms with van der Waals surface area (Å²) in [6, 6.07) is 17.7. The first-order chi connectivity index (χ1) is 13.5. The molecule has 0 fully saturated rings. The minimum Gasteiger partial charge on any atom is -0.496 e.